The monoisotopic (exact) mass is 1620 g/mol. The molecule has 0 aliphatic rings. The van der Waals surface area contributed by atoms with Gasteiger partial charge in [-0.1, -0.05) is 438 Å². The molecule has 0 radical (unpaired) electrons. The van der Waals surface area contributed by atoms with E-state index in [2.05, 4.69) is 73.2 Å². The maximum atomic E-state index is 13.5. The zero-order chi connectivity index (χ0) is 84.0. The summed E-state index contributed by atoms with van der Waals surface area (Å²) in [4.78, 5) is 79.2. The highest BCUT2D eigenvalue weighted by Gasteiger charge is 2.24. The molecule has 0 spiro atoms. The number of benzene rings is 2. The van der Waals surface area contributed by atoms with Crippen molar-refractivity contribution in [1.82, 2.24) is 10.6 Å². The Kier molecular flexibility index (Phi) is 71.8. The standard InChI is InChI=1S/C101H178N6O9/c1-9-15-21-27-33-42-52-69-88(68-51-41-31-25-19-13-5)70-63-64-81-102-98(110)96(86(7)108)106-104-94-79-61-59-77-92(94)100(112)115-83-65-49-39-37-45-55-73-89(71-53-43-34-28-22-16-10-2)90(72-54-44-35-29-23-17-11-3)74-56-46-38-40-50-66-84-116-101(113)93-78-60-62-80-95(93)105-107-97(87(8)109)99(111)103-82-67-85-114-91(75-57-47-32-26-20-14-6)76-58-48-36-30-24-18-12-4/h59-62,77-80,88-91,104-105H,9-58,63-76,81-85H2,1-8H3,(H,102,110)(H,103,111)/b106-96-,107-97-. The number of carbonyl (C=O) groups is 6. The van der Waals surface area contributed by atoms with Crippen molar-refractivity contribution >= 4 is 58.1 Å². The molecule has 0 heterocycles. The van der Waals surface area contributed by atoms with Gasteiger partial charge in [0, 0.05) is 33.5 Å². The molecule has 0 fully saturated rings. The molecule has 0 aliphatic heterocycles. The number of ether oxygens (including phenoxy) is 3. The fourth-order valence-electron chi connectivity index (χ4n) is 16.5. The van der Waals surface area contributed by atoms with E-state index in [1.807, 2.05) is 0 Å². The predicted molar refractivity (Wildman–Crippen MR) is 493 cm³/mol. The molecule has 0 aromatic heterocycles. The van der Waals surface area contributed by atoms with Gasteiger partial charge in [0.1, 0.15) is 0 Å². The first kappa shape index (κ1) is 107. The summed E-state index contributed by atoms with van der Waals surface area (Å²) in [6.45, 7) is 18.4. The SMILES string of the molecule is CCCCCCCCCC(CCCCCCCC)CCCCNC(=O)/C(=N\Nc1ccccc1C(=O)OCCCCCCCCC(CCCCCCCCC)C(CCCCCCCCC)CCCCCCCCOC(=O)c1ccccc1N/N=C(/C(C)=O)C(=O)NCCCOC(CCCCCCCC)CCCCCCCCC)C(C)=O. The fourth-order valence-corrected chi connectivity index (χ4v) is 16.5. The third-order valence-electron chi connectivity index (χ3n) is 23.9. The summed E-state index contributed by atoms with van der Waals surface area (Å²) in [5, 5.41) is 14.3. The van der Waals surface area contributed by atoms with Crippen LogP contribution >= 0.6 is 0 Å². The summed E-state index contributed by atoms with van der Waals surface area (Å²) in [6, 6.07) is 13.9. The van der Waals surface area contributed by atoms with Crippen LogP contribution in [-0.2, 0) is 33.4 Å². The summed E-state index contributed by atoms with van der Waals surface area (Å²) >= 11 is 0. The van der Waals surface area contributed by atoms with E-state index in [1.54, 1.807) is 48.5 Å². The van der Waals surface area contributed by atoms with Crippen molar-refractivity contribution in [1.29, 1.82) is 0 Å². The van der Waals surface area contributed by atoms with E-state index in [1.165, 1.54) is 354 Å². The second-order valence-corrected chi connectivity index (χ2v) is 34.4. The van der Waals surface area contributed by atoms with Crippen molar-refractivity contribution in [3.8, 4) is 0 Å². The van der Waals surface area contributed by atoms with Gasteiger partial charge < -0.3 is 24.8 Å². The number of carbonyl (C=O) groups excluding carboxylic acids is 6. The van der Waals surface area contributed by atoms with Crippen molar-refractivity contribution in [3.05, 3.63) is 59.7 Å². The molecule has 4 N–H and O–H groups in total. The Hall–Kier alpha value is -5.44. The molecule has 15 heteroatoms. The second kappa shape index (κ2) is 78.1. The van der Waals surface area contributed by atoms with Gasteiger partial charge in [0.25, 0.3) is 11.8 Å². The first-order chi connectivity index (χ1) is 56.8. The molecule has 2 aromatic carbocycles. The van der Waals surface area contributed by atoms with Gasteiger partial charge in [-0.05, 0) is 80.5 Å². The van der Waals surface area contributed by atoms with Crippen molar-refractivity contribution in [2.45, 2.75) is 472 Å². The molecule has 0 saturated heterocycles. The molecule has 0 saturated carbocycles. The molecule has 15 nitrogen and oxygen atoms in total. The van der Waals surface area contributed by atoms with Crippen molar-refractivity contribution < 1.29 is 43.0 Å². The number of para-hydroxylation sites is 2. The smallest absolute Gasteiger partial charge is 0.340 e. The largest absolute Gasteiger partial charge is 0.462 e. The molecule has 2 aromatic rings. The molecule has 4 atom stereocenters. The number of anilines is 2. The molecule has 666 valence electrons. The number of hydrazone groups is 2. The number of nitrogens with zero attached hydrogens (tertiary/aromatic N) is 2. The average molecular weight is 1620 g/mol. The molecular formula is C101H178N6O9. The van der Waals surface area contributed by atoms with Gasteiger partial charge in [0.15, 0.2) is 23.0 Å². The lowest BCUT2D eigenvalue weighted by atomic mass is 9.78. The highest BCUT2D eigenvalue weighted by Crippen LogP contribution is 2.35. The van der Waals surface area contributed by atoms with Crippen LogP contribution < -0.4 is 21.5 Å². The van der Waals surface area contributed by atoms with E-state index in [0.29, 0.717) is 61.8 Å². The van der Waals surface area contributed by atoms with Gasteiger partial charge in [-0.2, -0.15) is 10.2 Å². The van der Waals surface area contributed by atoms with Gasteiger partial charge in [0.05, 0.1) is 41.8 Å². The molecule has 0 aliphatic carbocycles. The second-order valence-electron chi connectivity index (χ2n) is 34.4. The Balaban J connectivity index is 1.91. The van der Waals surface area contributed by atoms with E-state index < -0.39 is 35.3 Å². The van der Waals surface area contributed by atoms with E-state index >= 15 is 0 Å². The number of rotatable bonds is 85. The minimum atomic E-state index is -0.560. The Bertz CT molecular complexity index is 2590. The molecule has 2 rings (SSSR count). The minimum absolute atomic E-state index is 0.214. The topological polar surface area (TPSA) is 203 Å². The number of hydrogen-bond donors (Lipinski definition) is 4. The number of hydrogen-bond acceptors (Lipinski definition) is 13. The van der Waals surface area contributed by atoms with Crippen LogP contribution in [0.25, 0.3) is 0 Å². The lowest BCUT2D eigenvalue weighted by molar-refractivity contribution is -0.118. The first-order valence-electron chi connectivity index (χ1n) is 49.2. The van der Waals surface area contributed by atoms with Crippen LogP contribution in [0.2, 0.25) is 0 Å². The number of esters is 2. The Morgan fingerprint density at radius 3 is 0.862 bits per heavy atom. The van der Waals surface area contributed by atoms with E-state index in [-0.39, 0.29) is 17.5 Å². The maximum absolute atomic E-state index is 13.5. The maximum Gasteiger partial charge on any atom is 0.340 e. The minimum Gasteiger partial charge on any atom is -0.462 e. The summed E-state index contributed by atoms with van der Waals surface area (Å²) in [5.41, 5.74) is 6.61. The first-order valence-corrected chi connectivity index (χ1v) is 49.2. The summed E-state index contributed by atoms with van der Waals surface area (Å²) in [7, 11) is 0. The van der Waals surface area contributed by atoms with Crippen LogP contribution in [0.15, 0.2) is 58.7 Å². The van der Waals surface area contributed by atoms with Gasteiger partial charge in [0.2, 0.25) is 0 Å². The van der Waals surface area contributed by atoms with Crippen molar-refractivity contribution in [2.75, 3.05) is 43.8 Å². The summed E-state index contributed by atoms with van der Waals surface area (Å²) < 4.78 is 18.0. The third-order valence-corrected chi connectivity index (χ3v) is 23.9. The van der Waals surface area contributed by atoms with Crippen LogP contribution in [0.1, 0.15) is 487 Å². The lowest BCUT2D eigenvalue weighted by Crippen LogP contribution is -2.36. The van der Waals surface area contributed by atoms with E-state index in [0.717, 1.165) is 82.0 Å². The predicted octanol–water partition coefficient (Wildman–Crippen LogP) is 29.0. The van der Waals surface area contributed by atoms with Crippen LogP contribution in [0, 0.1) is 17.8 Å². The van der Waals surface area contributed by atoms with Crippen molar-refractivity contribution in [2.24, 2.45) is 28.0 Å². The quantitative estimate of drug-likeness (QED) is 0.0161. The molecular weight excluding hydrogens is 1440 g/mol. The number of nitrogens with one attached hydrogen (secondary N) is 4. The Labute approximate surface area is 711 Å². The zero-order valence-corrected chi connectivity index (χ0v) is 76.3. The number of amides is 2. The van der Waals surface area contributed by atoms with Gasteiger partial charge in [-0.3, -0.25) is 30.0 Å². The average Bonchev–Trinajstić information content (AvgIpc) is 0.857. The van der Waals surface area contributed by atoms with Crippen LogP contribution in [0.5, 0.6) is 0 Å². The van der Waals surface area contributed by atoms with E-state index in [9.17, 15) is 28.8 Å². The number of Topliss-reactive ketones (excluding diaryl/α,β-unsaturated/α-hetero) is 2. The van der Waals surface area contributed by atoms with Crippen molar-refractivity contribution in [3.63, 3.8) is 0 Å². The summed E-state index contributed by atoms with van der Waals surface area (Å²) in [5.74, 6) is -0.641. The Morgan fingerprint density at radius 1 is 0.293 bits per heavy atom. The van der Waals surface area contributed by atoms with Crippen LogP contribution in [0.3, 0.4) is 0 Å². The zero-order valence-electron chi connectivity index (χ0n) is 76.3. The number of ketones is 2. The van der Waals surface area contributed by atoms with Gasteiger partial charge in [-0.15, -0.1) is 0 Å². The van der Waals surface area contributed by atoms with Gasteiger partial charge >= 0.3 is 11.9 Å². The van der Waals surface area contributed by atoms with Crippen LogP contribution in [0.4, 0.5) is 11.4 Å². The fraction of sp³-hybridized carbons (Fsp3) is 0.802. The molecule has 0 bridgehead atoms. The summed E-state index contributed by atoms with van der Waals surface area (Å²) in [6.07, 6.45) is 79.6. The number of unbranched alkanes of at least 4 members (excludes halogenated alkanes) is 45. The third kappa shape index (κ3) is 58.5. The van der Waals surface area contributed by atoms with Gasteiger partial charge in [-0.25, -0.2) is 9.59 Å². The van der Waals surface area contributed by atoms with Crippen LogP contribution in [-0.4, -0.2) is 85.8 Å². The van der Waals surface area contributed by atoms with E-state index in [4.69, 9.17) is 14.2 Å². The molecule has 116 heavy (non-hydrogen) atoms. The highest BCUT2D eigenvalue weighted by molar-refractivity contribution is 6.65. The Morgan fingerprint density at radius 2 is 0.552 bits per heavy atom. The normalized spacial score (nSPS) is 12.8. The highest BCUT2D eigenvalue weighted by atomic mass is 16.5. The molecule has 4 unspecified atom stereocenters. The lowest BCUT2D eigenvalue weighted by Gasteiger charge is -2.28. The molecule has 2 amide bonds.